The van der Waals surface area contributed by atoms with Crippen LogP contribution in [0.2, 0.25) is 13.1 Å². The van der Waals surface area contributed by atoms with Crippen LogP contribution in [-0.4, -0.2) is 36.3 Å². The van der Waals surface area contributed by atoms with Crippen LogP contribution in [0.1, 0.15) is 20.8 Å². The summed E-state index contributed by atoms with van der Waals surface area (Å²) in [4.78, 5) is 0. The second kappa shape index (κ2) is 5.17. The van der Waals surface area contributed by atoms with Gasteiger partial charge in [-0.25, -0.2) is 0 Å². The molecule has 0 nitrogen and oxygen atoms in total. The van der Waals surface area contributed by atoms with Gasteiger partial charge in [-0.05, 0) is 5.41 Å². The molecule has 0 spiro atoms. The number of rotatable bonds is 1. The molecule has 0 aliphatic carbocycles. The summed E-state index contributed by atoms with van der Waals surface area (Å²) < 4.78 is 0.769. The Morgan fingerprint density at radius 3 is 1.50 bits per heavy atom. The Morgan fingerprint density at radius 1 is 1.20 bits per heavy atom. The summed E-state index contributed by atoms with van der Waals surface area (Å²) in [6.07, 6.45) is 0. The van der Waals surface area contributed by atoms with E-state index in [4.69, 9.17) is 0 Å². The van der Waals surface area contributed by atoms with Gasteiger partial charge in [0.1, 0.15) is 0 Å². The van der Waals surface area contributed by atoms with Crippen LogP contribution >= 0.6 is 15.9 Å². The van der Waals surface area contributed by atoms with Crippen molar-refractivity contribution >= 4 is 47.8 Å². The summed E-state index contributed by atoms with van der Waals surface area (Å²) in [7, 11) is -0.473. The first-order valence-corrected chi connectivity index (χ1v) is 7.39. The van der Waals surface area contributed by atoms with Crippen LogP contribution in [0.25, 0.3) is 0 Å². The van der Waals surface area contributed by atoms with E-state index >= 15 is 0 Å². The maximum Gasteiger partial charge on any atom is 0.316 e. The summed E-state index contributed by atoms with van der Waals surface area (Å²) >= 11 is 3.72. The Kier molecular flexibility index (Phi) is 7.24. The zero-order chi connectivity index (χ0) is 7.65. The average molecular weight is 236 g/mol. The average Bonchev–Trinajstić information content (AvgIpc) is 1.62. The molecule has 0 heterocycles. The van der Waals surface area contributed by atoms with E-state index in [9.17, 15) is 0 Å². The lowest BCUT2D eigenvalue weighted by Crippen LogP contribution is -2.31. The van der Waals surface area contributed by atoms with E-state index in [1.807, 2.05) is 0 Å². The van der Waals surface area contributed by atoms with E-state index in [0.29, 0.717) is 5.41 Å². The Bertz CT molecular complexity index is 88.1. The van der Waals surface area contributed by atoms with Crippen LogP contribution in [0.5, 0.6) is 0 Å². The molecule has 1 unspecified atom stereocenters. The van der Waals surface area contributed by atoms with Crippen LogP contribution in [0, 0.1) is 5.41 Å². The molecule has 1 atom stereocenters. The number of hydrogen-bond donors (Lipinski definition) is 0. The molecule has 0 radical (unpaired) electrons. The van der Waals surface area contributed by atoms with E-state index in [-0.39, 0.29) is 23.1 Å². The fourth-order valence-electron chi connectivity index (χ4n) is 1.00. The van der Waals surface area contributed by atoms with Crippen molar-refractivity contribution in [2.24, 2.45) is 5.41 Å². The van der Waals surface area contributed by atoms with Gasteiger partial charge in [0, 0.05) is 13.2 Å². The zero-order valence-corrected chi connectivity index (χ0v) is 9.77. The van der Waals surface area contributed by atoms with Crippen molar-refractivity contribution in [2.45, 2.75) is 38.3 Å². The monoisotopic (exact) mass is 234 g/mol. The van der Waals surface area contributed by atoms with Crippen LogP contribution in [-0.2, 0) is 0 Å². The Labute approximate surface area is 91.0 Å². The first-order chi connectivity index (χ1) is 3.85. The van der Waals surface area contributed by atoms with Crippen molar-refractivity contribution in [1.82, 2.24) is 0 Å². The first-order valence-electron chi connectivity index (χ1n) is 3.49. The molecule has 0 N–H and O–H groups in total. The third kappa shape index (κ3) is 5.16. The molecule has 0 aliphatic heterocycles. The molecular formula is C7H19BrMgSi. The van der Waals surface area contributed by atoms with E-state index in [1.54, 1.807) is 0 Å². The fraction of sp³-hybridized carbons (Fsp3) is 1.00. The molecule has 0 aliphatic rings. The molecule has 3 heteroatoms. The maximum atomic E-state index is 3.72. The van der Waals surface area contributed by atoms with Crippen molar-refractivity contribution in [1.29, 1.82) is 0 Å². The lowest BCUT2D eigenvalue weighted by atomic mass is 10.0. The second-order valence-electron chi connectivity index (χ2n) is 4.01. The minimum absolute atomic E-state index is 0. The molecule has 0 fully saturated rings. The summed E-state index contributed by atoms with van der Waals surface area (Å²) in [5, 5.41) is 0. The fourth-order valence-corrected chi connectivity index (χ4v) is 3.00. The van der Waals surface area contributed by atoms with Crippen LogP contribution in [0.15, 0.2) is 0 Å². The molecular weight excluding hydrogens is 216 g/mol. The summed E-state index contributed by atoms with van der Waals surface area (Å²) in [5.74, 6) is 0. The van der Waals surface area contributed by atoms with Crippen molar-refractivity contribution in [3.05, 3.63) is 0 Å². The van der Waals surface area contributed by atoms with E-state index in [1.165, 1.54) is 0 Å². The molecule has 0 amide bonds. The van der Waals surface area contributed by atoms with Crippen molar-refractivity contribution in [2.75, 3.05) is 0 Å². The predicted octanol–water partition coefficient (Wildman–Crippen LogP) is 1.91. The first kappa shape index (κ1) is 14.0. The standard InChI is InChI=1S/C7H17BrSi.Mg.2H/c1-7(2,3)6(8)9(4)5;;;/h6,9H,1-5H3;;;. The molecule has 0 aromatic heterocycles. The normalized spacial score (nSPS) is 14.7. The van der Waals surface area contributed by atoms with Gasteiger partial charge in [-0.1, -0.05) is 49.8 Å². The Morgan fingerprint density at radius 2 is 1.50 bits per heavy atom. The number of alkyl halides is 1. The van der Waals surface area contributed by atoms with Gasteiger partial charge < -0.3 is 0 Å². The summed E-state index contributed by atoms with van der Waals surface area (Å²) in [5.41, 5.74) is 0.459. The van der Waals surface area contributed by atoms with Gasteiger partial charge in [-0.15, -0.1) is 0 Å². The zero-order valence-electron chi connectivity index (χ0n) is 7.03. The third-order valence-electron chi connectivity index (χ3n) is 1.41. The van der Waals surface area contributed by atoms with Gasteiger partial charge >= 0.3 is 23.1 Å². The van der Waals surface area contributed by atoms with E-state index in [0.717, 1.165) is 4.45 Å². The SMILES string of the molecule is C[SiH](C)C(Br)C(C)(C)C.[MgH2]. The Hall–Kier alpha value is 1.46. The second-order valence-corrected chi connectivity index (χ2v) is 9.13. The molecule has 0 saturated carbocycles. The Balaban J connectivity index is 0. The predicted molar refractivity (Wildman–Crippen MR) is 59.6 cm³/mol. The van der Waals surface area contributed by atoms with Gasteiger partial charge in [0.2, 0.25) is 0 Å². The van der Waals surface area contributed by atoms with Crippen molar-refractivity contribution < 1.29 is 0 Å². The van der Waals surface area contributed by atoms with E-state index in [2.05, 4.69) is 49.8 Å². The van der Waals surface area contributed by atoms with Gasteiger partial charge in [0.25, 0.3) is 0 Å². The summed E-state index contributed by atoms with van der Waals surface area (Å²) in [6.45, 7) is 11.6. The molecule has 0 bridgehead atoms. The molecule has 0 rings (SSSR count). The van der Waals surface area contributed by atoms with Crippen molar-refractivity contribution in [3.63, 3.8) is 0 Å². The van der Waals surface area contributed by atoms with Crippen LogP contribution < -0.4 is 0 Å². The summed E-state index contributed by atoms with van der Waals surface area (Å²) in [6, 6.07) is 0. The van der Waals surface area contributed by atoms with Gasteiger partial charge in [-0.3, -0.25) is 0 Å². The highest BCUT2D eigenvalue weighted by Crippen LogP contribution is 2.27. The van der Waals surface area contributed by atoms with E-state index < -0.39 is 8.80 Å². The van der Waals surface area contributed by atoms with Crippen LogP contribution in [0.3, 0.4) is 0 Å². The highest BCUT2D eigenvalue weighted by atomic mass is 79.9. The van der Waals surface area contributed by atoms with Crippen LogP contribution in [0.4, 0.5) is 0 Å². The number of halogens is 1. The largest absolute Gasteiger partial charge is 0.316 e. The van der Waals surface area contributed by atoms with Crippen molar-refractivity contribution in [3.8, 4) is 0 Å². The molecule has 0 aromatic carbocycles. The van der Waals surface area contributed by atoms with Gasteiger partial charge in [0.15, 0.2) is 0 Å². The lowest BCUT2D eigenvalue weighted by molar-refractivity contribution is 0.454. The molecule has 0 aromatic rings. The minimum Gasteiger partial charge on any atom is -0.0923 e. The quantitative estimate of drug-likeness (QED) is 0.481. The highest BCUT2D eigenvalue weighted by molar-refractivity contribution is 9.10. The smallest absolute Gasteiger partial charge is 0.0923 e. The molecule has 10 heavy (non-hydrogen) atoms. The lowest BCUT2D eigenvalue weighted by Gasteiger charge is -2.27. The molecule has 60 valence electrons. The maximum absolute atomic E-state index is 3.72. The van der Waals surface area contributed by atoms with Gasteiger partial charge in [0.05, 0.1) is 0 Å². The number of hydrogen-bond acceptors (Lipinski definition) is 0. The third-order valence-corrected chi connectivity index (χ3v) is 8.13. The molecule has 0 saturated heterocycles. The topological polar surface area (TPSA) is 0 Å². The minimum atomic E-state index is -0.473. The highest BCUT2D eigenvalue weighted by Gasteiger charge is 2.24. The van der Waals surface area contributed by atoms with Gasteiger partial charge in [-0.2, -0.15) is 0 Å².